The molecule has 0 radical (unpaired) electrons. The molecule has 1 aromatic heterocycles. The Kier molecular flexibility index (Phi) is 7.16. The topological polar surface area (TPSA) is 31.6 Å². The Morgan fingerprint density at radius 1 is 0.900 bits per heavy atom. The molecule has 0 spiro atoms. The van der Waals surface area contributed by atoms with Crippen molar-refractivity contribution in [2.24, 2.45) is 0 Å². The molecule has 0 aliphatic carbocycles. The maximum absolute atomic E-state index is 5.78. The van der Waals surface area contributed by atoms with E-state index in [0.29, 0.717) is 13.2 Å². The maximum Gasteiger partial charge on any atom is 0.217 e. The lowest BCUT2D eigenvalue weighted by molar-refractivity contribution is -0.0594. The van der Waals surface area contributed by atoms with Gasteiger partial charge in [0.1, 0.15) is 5.76 Å². The fourth-order valence-corrected chi connectivity index (χ4v) is 2.61. The van der Waals surface area contributed by atoms with Crippen molar-refractivity contribution in [1.82, 2.24) is 0 Å². The van der Waals surface area contributed by atoms with Crippen molar-refractivity contribution in [3.05, 3.63) is 23.7 Å². The highest BCUT2D eigenvalue weighted by atomic mass is 16.7. The van der Waals surface area contributed by atoms with Gasteiger partial charge in [0.15, 0.2) is 5.76 Å². The van der Waals surface area contributed by atoms with E-state index >= 15 is 0 Å². The molecule has 1 aliphatic heterocycles. The average Bonchev–Trinajstić information content (AvgIpc) is 3.12. The van der Waals surface area contributed by atoms with E-state index in [1.807, 2.05) is 6.07 Å². The molecule has 114 valence electrons. The van der Waals surface area contributed by atoms with Crippen LogP contribution in [0.1, 0.15) is 76.1 Å². The van der Waals surface area contributed by atoms with E-state index in [9.17, 15) is 0 Å². The molecule has 1 fully saturated rings. The number of hydrogen-bond acceptors (Lipinski definition) is 3. The summed E-state index contributed by atoms with van der Waals surface area (Å²) in [6, 6.07) is 4.04. The maximum atomic E-state index is 5.78. The fraction of sp³-hybridized carbons (Fsp3) is 0.765. The predicted octanol–water partition coefficient (Wildman–Crippen LogP) is 5.01. The summed E-state index contributed by atoms with van der Waals surface area (Å²) in [5, 5.41) is 0. The van der Waals surface area contributed by atoms with Gasteiger partial charge in [-0.2, -0.15) is 0 Å². The summed E-state index contributed by atoms with van der Waals surface area (Å²) in [6.07, 6.45) is 11.5. The van der Waals surface area contributed by atoms with Crippen LogP contribution >= 0.6 is 0 Å². The van der Waals surface area contributed by atoms with Crippen molar-refractivity contribution in [2.45, 2.75) is 71.0 Å². The second-order valence-electron chi connectivity index (χ2n) is 5.60. The first kappa shape index (κ1) is 15.6. The van der Waals surface area contributed by atoms with Crippen LogP contribution in [0, 0.1) is 0 Å². The van der Waals surface area contributed by atoms with Gasteiger partial charge in [-0.15, -0.1) is 0 Å². The second kappa shape index (κ2) is 9.19. The molecule has 1 aliphatic rings. The zero-order valence-corrected chi connectivity index (χ0v) is 12.7. The molecule has 0 N–H and O–H groups in total. The highest BCUT2D eigenvalue weighted by molar-refractivity contribution is 5.08. The zero-order chi connectivity index (χ0) is 14.0. The fourth-order valence-electron chi connectivity index (χ4n) is 2.61. The van der Waals surface area contributed by atoms with Crippen LogP contribution in [0.25, 0.3) is 0 Å². The molecule has 1 saturated heterocycles. The average molecular weight is 280 g/mol. The number of hydrogen-bond donors (Lipinski definition) is 0. The van der Waals surface area contributed by atoms with Crippen LogP contribution in [0.15, 0.2) is 16.5 Å². The second-order valence-corrected chi connectivity index (χ2v) is 5.60. The zero-order valence-electron chi connectivity index (χ0n) is 12.7. The van der Waals surface area contributed by atoms with Crippen molar-refractivity contribution in [1.29, 1.82) is 0 Å². The summed E-state index contributed by atoms with van der Waals surface area (Å²) in [7, 11) is 0. The summed E-state index contributed by atoms with van der Waals surface area (Å²) in [5.41, 5.74) is 0. The van der Waals surface area contributed by atoms with Crippen molar-refractivity contribution in [3.63, 3.8) is 0 Å². The Balaban J connectivity index is 1.53. The number of furan rings is 1. The van der Waals surface area contributed by atoms with Crippen LogP contribution in [0.4, 0.5) is 0 Å². The van der Waals surface area contributed by atoms with Gasteiger partial charge in [0.25, 0.3) is 0 Å². The van der Waals surface area contributed by atoms with Gasteiger partial charge in [-0.25, -0.2) is 0 Å². The molecular formula is C17H28O3. The van der Waals surface area contributed by atoms with Crippen LogP contribution in [-0.2, 0) is 15.9 Å². The van der Waals surface area contributed by atoms with Gasteiger partial charge in [-0.1, -0.05) is 51.9 Å². The van der Waals surface area contributed by atoms with Gasteiger partial charge in [-0.05, 0) is 18.6 Å². The molecular weight excluding hydrogens is 252 g/mol. The first-order valence-electron chi connectivity index (χ1n) is 8.22. The number of aryl methyl sites for hydroxylation is 1. The normalized spacial score (nSPS) is 16.1. The standard InChI is InChI=1S/C17H28O3/c1-2-3-4-5-6-7-8-9-10-15-11-12-16(20-15)17-18-13-14-19-17/h11-12,17H,2-10,13-14H2,1H3. The third-order valence-electron chi connectivity index (χ3n) is 3.81. The number of unbranched alkanes of at least 4 members (excludes halogenated alkanes) is 7. The van der Waals surface area contributed by atoms with Crippen LogP contribution in [0.2, 0.25) is 0 Å². The van der Waals surface area contributed by atoms with Crippen molar-refractivity contribution in [2.75, 3.05) is 13.2 Å². The monoisotopic (exact) mass is 280 g/mol. The van der Waals surface area contributed by atoms with Crippen molar-refractivity contribution >= 4 is 0 Å². The van der Waals surface area contributed by atoms with Crippen molar-refractivity contribution in [3.8, 4) is 0 Å². The van der Waals surface area contributed by atoms with E-state index in [-0.39, 0.29) is 6.29 Å². The largest absolute Gasteiger partial charge is 0.461 e. The minimum Gasteiger partial charge on any atom is -0.461 e. The summed E-state index contributed by atoms with van der Waals surface area (Å²) in [4.78, 5) is 0. The molecule has 0 bridgehead atoms. The third-order valence-corrected chi connectivity index (χ3v) is 3.81. The molecule has 0 atom stereocenters. The summed E-state index contributed by atoms with van der Waals surface area (Å²) in [6.45, 7) is 3.59. The molecule has 20 heavy (non-hydrogen) atoms. The molecule has 0 saturated carbocycles. The highest BCUT2D eigenvalue weighted by Crippen LogP contribution is 2.25. The quantitative estimate of drug-likeness (QED) is 0.565. The van der Waals surface area contributed by atoms with Crippen LogP contribution in [0.5, 0.6) is 0 Å². The molecule has 0 amide bonds. The minimum absolute atomic E-state index is 0.276. The number of rotatable bonds is 10. The van der Waals surface area contributed by atoms with Gasteiger partial charge in [0.2, 0.25) is 6.29 Å². The lowest BCUT2D eigenvalue weighted by Crippen LogP contribution is -1.95. The molecule has 0 aromatic carbocycles. The van der Waals surface area contributed by atoms with Crippen molar-refractivity contribution < 1.29 is 13.9 Å². The molecule has 3 heteroatoms. The van der Waals surface area contributed by atoms with Crippen LogP contribution in [0.3, 0.4) is 0 Å². The Bertz CT molecular complexity index is 353. The van der Waals surface area contributed by atoms with Gasteiger partial charge in [0.05, 0.1) is 13.2 Å². The smallest absolute Gasteiger partial charge is 0.217 e. The molecule has 2 rings (SSSR count). The Morgan fingerprint density at radius 2 is 1.55 bits per heavy atom. The van der Waals surface area contributed by atoms with Crippen LogP contribution < -0.4 is 0 Å². The molecule has 3 nitrogen and oxygen atoms in total. The lowest BCUT2D eigenvalue weighted by atomic mass is 10.1. The number of ether oxygens (including phenoxy) is 2. The van der Waals surface area contributed by atoms with Gasteiger partial charge in [0, 0.05) is 6.42 Å². The summed E-state index contributed by atoms with van der Waals surface area (Å²) < 4.78 is 16.6. The lowest BCUT2D eigenvalue weighted by Gasteiger charge is -2.04. The summed E-state index contributed by atoms with van der Waals surface area (Å²) >= 11 is 0. The van der Waals surface area contributed by atoms with E-state index in [1.54, 1.807) is 0 Å². The molecule has 1 aromatic rings. The minimum atomic E-state index is -0.276. The Morgan fingerprint density at radius 3 is 2.25 bits per heavy atom. The van der Waals surface area contributed by atoms with E-state index in [1.165, 1.54) is 51.4 Å². The molecule has 2 heterocycles. The predicted molar refractivity (Wildman–Crippen MR) is 79.7 cm³/mol. The van der Waals surface area contributed by atoms with E-state index < -0.39 is 0 Å². The van der Waals surface area contributed by atoms with Crippen LogP contribution in [-0.4, -0.2) is 13.2 Å². The Labute approximate surface area is 122 Å². The molecule has 0 unspecified atom stereocenters. The van der Waals surface area contributed by atoms with Gasteiger partial charge < -0.3 is 13.9 Å². The SMILES string of the molecule is CCCCCCCCCCc1ccc(C2OCCO2)o1. The highest BCUT2D eigenvalue weighted by Gasteiger charge is 2.21. The van der Waals surface area contributed by atoms with E-state index in [4.69, 9.17) is 13.9 Å². The third kappa shape index (κ3) is 5.29. The summed E-state index contributed by atoms with van der Waals surface area (Å²) in [5.74, 6) is 1.88. The first-order chi connectivity index (χ1) is 9.90. The Hall–Kier alpha value is -0.800. The van der Waals surface area contributed by atoms with E-state index in [2.05, 4.69) is 13.0 Å². The first-order valence-corrected chi connectivity index (χ1v) is 8.22. The van der Waals surface area contributed by atoms with E-state index in [0.717, 1.165) is 17.9 Å². The van der Waals surface area contributed by atoms with Gasteiger partial charge in [-0.3, -0.25) is 0 Å². The van der Waals surface area contributed by atoms with Gasteiger partial charge >= 0.3 is 0 Å².